The third-order valence-electron chi connectivity index (χ3n) is 2.69. The first-order valence-corrected chi connectivity index (χ1v) is 5.66. The van der Waals surface area contributed by atoms with Crippen molar-refractivity contribution in [3.63, 3.8) is 0 Å². The van der Waals surface area contributed by atoms with E-state index in [0.29, 0.717) is 5.92 Å². The van der Waals surface area contributed by atoms with Gasteiger partial charge in [0.1, 0.15) is 0 Å². The number of nitrogens with two attached hydrogens (primary N) is 1. The van der Waals surface area contributed by atoms with Crippen molar-refractivity contribution in [1.82, 2.24) is 5.32 Å². The first kappa shape index (κ1) is 14.9. The summed E-state index contributed by atoms with van der Waals surface area (Å²) in [7, 11) is 0. The Bertz CT molecular complexity index is 243. The summed E-state index contributed by atoms with van der Waals surface area (Å²) in [6.07, 6.45) is 0.954. The molecule has 0 aromatic heterocycles. The van der Waals surface area contributed by atoms with E-state index in [4.69, 9.17) is 5.73 Å². The van der Waals surface area contributed by atoms with Crippen molar-refractivity contribution in [3.05, 3.63) is 0 Å². The number of nitrogens with one attached hydrogen (secondary N) is 1. The molecule has 0 fully saturated rings. The van der Waals surface area contributed by atoms with Crippen LogP contribution in [0.3, 0.4) is 0 Å². The lowest BCUT2D eigenvalue weighted by molar-refractivity contribution is -0.148. The smallest absolute Gasteiger partial charge is 0.332 e. The molecule has 3 atom stereocenters. The molecule has 0 aromatic carbocycles. The summed E-state index contributed by atoms with van der Waals surface area (Å²) in [6, 6.07) is -1.23. The Morgan fingerprint density at radius 1 is 1.31 bits per heavy atom. The maximum Gasteiger partial charge on any atom is 0.332 e. The van der Waals surface area contributed by atoms with Crippen LogP contribution in [0.1, 0.15) is 34.1 Å². The average molecular weight is 230 g/mol. The molecule has 0 bridgehead atoms. The largest absolute Gasteiger partial charge is 0.464 e. The Morgan fingerprint density at radius 3 is 2.31 bits per heavy atom. The summed E-state index contributed by atoms with van der Waals surface area (Å²) in [6.45, 7) is 7.86. The molecule has 0 saturated heterocycles. The molecule has 0 spiro atoms. The summed E-state index contributed by atoms with van der Waals surface area (Å²) in [5, 5.41) is 2.70. The van der Waals surface area contributed by atoms with Gasteiger partial charge in [-0.05, 0) is 19.8 Å². The van der Waals surface area contributed by atoms with Gasteiger partial charge >= 0.3 is 5.97 Å². The van der Waals surface area contributed by atoms with Crippen molar-refractivity contribution < 1.29 is 14.3 Å². The molecule has 0 rings (SSSR count). The molecule has 1 amide bonds. The number of carbonyl (C=O) groups excluding carboxylic acids is 2. The number of amides is 1. The van der Waals surface area contributed by atoms with Gasteiger partial charge < -0.3 is 15.8 Å². The summed E-state index contributed by atoms with van der Waals surface area (Å²) in [5.74, 6) is -0.819. The van der Waals surface area contributed by atoms with Crippen LogP contribution in [-0.4, -0.2) is 30.6 Å². The van der Waals surface area contributed by atoms with Crippen LogP contribution in [0.25, 0.3) is 0 Å². The predicted octanol–water partition coefficient (Wildman–Crippen LogP) is 0.428. The molecule has 0 aliphatic carbocycles. The lowest BCUT2D eigenvalue weighted by Gasteiger charge is -2.21. The monoisotopic (exact) mass is 230 g/mol. The second-order valence-electron chi connectivity index (χ2n) is 3.91. The van der Waals surface area contributed by atoms with E-state index >= 15 is 0 Å². The Kier molecular flexibility index (Phi) is 6.72. The fourth-order valence-electron chi connectivity index (χ4n) is 1.15. The van der Waals surface area contributed by atoms with Gasteiger partial charge in [-0.25, -0.2) is 4.79 Å². The molecule has 94 valence electrons. The van der Waals surface area contributed by atoms with Gasteiger partial charge in [0.05, 0.1) is 6.61 Å². The molecule has 5 nitrogen and oxygen atoms in total. The van der Waals surface area contributed by atoms with E-state index in [1.54, 1.807) is 6.92 Å². The van der Waals surface area contributed by atoms with Crippen molar-refractivity contribution in [2.24, 2.45) is 11.7 Å². The van der Waals surface area contributed by atoms with E-state index in [9.17, 15) is 9.59 Å². The SMILES string of the molecule is CCOC(=O)C(N)C(=O)NC(C)C(C)CC. The average Bonchev–Trinajstić information content (AvgIpc) is 2.26. The molecule has 0 radical (unpaired) electrons. The van der Waals surface area contributed by atoms with Gasteiger partial charge in [0.25, 0.3) is 0 Å². The normalized spacial score (nSPS) is 16.1. The zero-order chi connectivity index (χ0) is 12.7. The highest BCUT2D eigenvalue weighted by Gasteiger charge is 2.25. The summed E-state index contributed by atoms with van der Waals surface area (Å²) < 4.78 is 4.67. The number of hydrogen-bond donors (Lipinski definition) is 2. The lowest BCUT2D eigenvalue weighted by atomic mass is 10.0. The van der Waals surface area contributed by atoms with Gasteiger partial charge in [-0.1, -0.05) is 20.3 Å². The van der Waals surface area contributed by atoms with E-state index in [0.717, 1.165) is 6.42 Å². The topological polar surface area (TPSA) is 81.4 Å². The van der Waals surface area contributed by atoms with Gasteiger partial charge in [-0.15, -0.1) is 0 Å². The first-order valence-electron chi connectivity index (χ1n) is 5.66. The van der Waals surface area contributed by atoms with E-state index in [2.05, 4.69) is 10.1 Å². The number of ether oxygens (including phenoxy) is 1. The Labute approximate surface area is 96.7 Å². The summed E-state index contributed by atoms with van der Waals surface area (Å²) in [4.78, 5) is 22.8. The van der Waals surface area contributed by atoms with Crippen molar-refractivity contribution in [2.75, 3.05) is 6.61 Å². The molecule has 3 unspecified atom stereocenters. The Morgan fingerprint density at radius 2 is 1.88 bits per heavy atom. The zero-order valence-corrected chi connectivity index (χ0v) is 10.4. The summed E-state index contributed by atoms with van der Waals surface area (Å²) >= 11 is 0. The van der Waals surface area contributed by atoms with Gasteiger partial charge in [0.2, 0.25) is 5.91 Å². The zero-order valence-electron chi connectivity index (χ0n) is 10.4. The fraction of sp³-hybridized carbons (Fsp3) is 0.818. The molecule has 3 N–H and O–H groups in total. The van der Waals surface area contributed by atoms with Crippen LogP contribution in [-0.2, 0) is 14.3 Å². The number of rotatable bonds is 6. The van der Waals surface area contributed by atoms with Crippen molar-refractivity contribution in [2.45, 2.75) is 46.2 Å². The highest BCUT2D eigenvalue weighted by molar-refractivity contribution is 6.01. The van der Waals surface area contributed by atoms with Gasteiger partial charge in [-0.3, -0.25) is 4.79 Å². The van der Waals surface area contributed by atoms with Crippen molar-refractivity contribution >= 4 is 11.9 Å². The molecule has 5 heteroatoms. The Hall–Kier alpha value is -1.10. The van der Waals surface area contributed by atoms with Crippen LogP contribution in [0.4, 0.5) is 0 Å². The van der Waals surface area contributed by atoms with Crippen LogP contribution in [0.2, 0.25) is 0 Å². The molecule has 16 heavy (non-hydrogen) atoms. The lowest BCUT2D eigenvalue weighted by Crippen LogP contribution is -2.50. The molecular weight excluding hydrogens is 208 g/mol. The quantitative estimate of drug-likeness (QED) is 0.512. The fourth-order valence-corrected chi connectivity index (χ4v) is 1.15. The van der Waals surface area contributed by atoms with Crippen LogP contribution in [0.5, 0.6) is 0 Å². The van der Waals surface area contributed by atoms with Gasteiger partial charge in [0.15, 0.2) is 6.04 Å². The maximum absolute atomic E-state index is 11.6. The third kappa shape index (κ3) is 4.61. The molecule has 0 aliphatic heterocycles. The van der Waals surface area contributed by atoms with Crippen LogP contribution < -0.4 is 11.1 Å². The Balaban J connectivity index is 4.19. The van der Waals surface area contributed by atoms with E-state index in [1.165, 1.54) is 0 Å². The molecule has 0 saturated carbocycles. The van der Waals surface area contributed by atoms with Crippen molar-refractivity contribution in [1.29, 1.82) is 0 Å². The highest BCUT2D eigenvalue weighted by Crippen LogP contribution is 2.06. The van der Waals surface area contributed by atoms with E-state index < -0.39 is 17.9 Å². The first-order chi connectivity index (χ1) is 7.43. The number of carbonyl (C=O) groups is 2. The molecule has 0 aliphatic rings. The van der Waals surface area contributed by atoms with Crippen molar-refractivity contribution in [3.8, 4) is 0 Å². The van der Waals surface area contributed by atoms with E-state index in [-0.39, 0.29) is 12.6 Å². The molecular formula is C11H22N2O3. The molecule has 0 heterocycles. The molecule has 0 aromatic rings. The van der Waals surface area contributed by atoms with Crippen LogP contribution in [0.15, 0.2) is 0 Å². The standard InChI is InChI=1S/C11H22N2O3/c1-5-7(3)8(4)13-10(14)9(12)11(15)16-6-2/h7-9H,5-6,12H2,1-4H3,(H,13,14). The number of hydrogen-bond acceptors (Lipinski definition) is 4. The van der Waals surface area contributed by atoms with Crippen LogP contribution in [0, 0.1) is 5.92 Å². The number of esters is 1. The van der Waals surface area contributed by atoms with Gasteiger partial charge in [0, 0.05) is 6.04 Å². The minimum Gasteiger partial charge on any atom is -0.464 e. The maximum atomic E-state index is 11.6. The minimum absolute atomic E-state index is 0.00187. The highest BCUT2D eigenvalue weighted by atomic mass is 16.5. The minimum atomic E-state index is -1.23. The predicted molar refractivity (Wildman–Crippen MR) is 61.7 cm³/mol. The van der Waals surface area contributed by atoms with Crippen LogP contribution >= 0.6 is 0 Å². The van der Waals surface area contributed by atoms with Gasteiger partial charge in [-0.2, -0.15) is 0 Å². The summed E-state index contributed by atoms with van der Waals surface area (Å²) in [5.41, 5.74) is 5.45. The van der Waals surface area contributed by atoms with E-state index in [1.807, 2.05) is 20.8 Å². The third-order valence-corrected chi connectivity index (χ3v) is 2.69. The second kappa shape index (κ2) is 7.22. The second-order valence-corrected chi connectivity index (χ2v) is 3.91.